The van der Waals surface area contributed by atoms with Gasteiger partial charge < -0.3 is 0 Å². The van der Waals surface area contributed by atoms with Gasteiger partial charge in [0.05, 0.1) is 0 Å². The second kappa shape index (κ2) is 13.5. The van der Waals surface area contributed by atoms with Crippen LogP contribution in [0.5, 0.6) is 0 Å². The van der Waals surface area contributed by atoms with Crippen molar-refractivity contribution in [3.8, 4) is 78.7 Å². The van der Waals surface area contributed by atoms with Crippen LogP contribution in [-0.2, 0) is 5.41 Å². The molecular formula is C51H39N3. The molecule has 2 aliphatic carbocycles. The van der Waals surface area contributed by atoms with E-state index >= 15 is 0 Å². The third-order valence-electron chi connectivity index (χ3n) is 11.6. The molecule has 7 aromatic carbocycles. The first-order valence-corrected chi connectivity index (χ1v) is 19.2. The molecule has 54 heavy (non-hydrogen) atoms. The summed E-state index contributed by atoms with van der Waals surface area (Å²) in [6.45, 7) is 0. The van der Waals surface area contributed by atoms with Gasteiger partial charge in [-0.05, 0) is 74.5 Å². The van der Waals surface area contributed by atoms with Crippen LogP contribution in [0.25, 0.3) is 78.7 Å². The smallest absolute Gasteiger partial charge is 0.164 e. The molecule has 0 atom stereocenters. The SMILES string of the molecule is c1ccc(-c2ccc(-c3nc(-c4ccccc4)nc(-c4cccc(-c5ccc(-c6cccc7c6-c6ccccc6C76CCCCC6)cc5)c4)n3)cc2)cc1. The first-order chi connectivity index (χ1) is 26.7. The molecule has 0 bridgehead atoms. The Kier molecular flexibility index (Phi) is 8.06. The minimum absolute atomic E-state index is 0.154. The third kappa shape index (κ3) is 5.64. The van der Waals surface area contributed by atoms with Crippen LogP contribution in [0.4, 0.5) is 0 Å². The molecule has 1 spiro atoms. The van der Waals surface area contributed by atoms with Gasteiger partial charge in [-0.1, -0.05) is 189 Å². The van der Waals surface area contributed by atoms with Crippen LogP contribution < -0.4 is 0 Å². The molecule has 0 aliphatic heterocycles. The molecule has 0 amide bonds. The Bertz CT molecular complexity index is 2600. The zero-order chi connectivity index (χ0) is 35.9. The molecule has 1 fully saturated rings. The van der Waals surface area contributed by atoms with Gasteiger partial charge in [0.2, 0.25) is 0 Å². The van der Waals surface area contributed by atoms with E-state index in [9.17, 15) is 0 Å². The van der Waals surface area contributed by atoms with E-state index in [0.717, 1.165) is 33.4 Å². The van der Waals surface area contributed by atoms with Gasteiger partial charge in [-0.2, -0.15) is 0 Å². The molecule has 0 radical (unpaired) electrons. The average Bonchev–Trinajstić information content (AvgIpc) is 3.53. The maximum absolute atomic E-state index is 5.06. The molecule has 1 heterocycles. The third-order valence-corrected chi connectivity index (χ3v) is 11.6. The molecule has 8 aromatic rings. The minimum Gasteiger partial charge on any atom is -0.208 e. The van der Waals surface area contributed by atoms with Gasteiger partial charge in [-0.3, -0.25) is 0 Å². The maximum Gasteiger partial charge on any atom is 0.164 e. The number of aromatic nitrogens is 3. The Balaban J connectivity index is 1.00. The summed E-state index contributed by atoms with van der Waals surface area (Å²) in [4.78, 5) is 15.0. The van der Waals surface area contributed by atoms with Crippen LogP contribution in [0.15, 0.2) is 176 Å². The quantitative estimate of drug-likeness (QED) is 0.174. The first kappa shape index (κ1) is 32.2. The van der Waals surface area contributed by atoms with Crippen molar-refractivity contribution in [2.24, 2.45) is 0 Å². The lowest BCUT2D eigenvalue weighted by molar-refractivity contribution is 0.353. The van der Waals surface area contributed by atoms with Crippen molar-refractivity contribution in [2.45, 2.75) is 37.5 Å². The fourth-order valence-corrected chi connectivity index (χ4v) is 8.91. The van der Waals surface area contributed by atoms with Crippen molar-refractivity contribution in [1.82, 2.24) is 15.0 Å². The van der Waals surface area contributed by atoms with Crippen molar-refractivity contribution in [1.29, 1.82) is 0 Å². The highest BCUT2D eigenvalue weighted by Gasteiger charge is 2.44. The predicted molar refractivity (Wildman–Crippen MR) is 222 cm³/mol. The Morgan fingerprint density at radius 1 is 0.315 bits per heavy atom. The summed E-state index contributed by atoms with van der Waals surface area (Å²) in [7, 11) is 0. The van der Waals surface area contributed by atoms with Crippen molar-refractivity contribution < 1.29 is 0 Å². The molecule has 0 unspecified atom stereocenters. The molecule has 3 heteroatoms. The molecule has 10 rings (SSSR count). The summed E-state index contributed by atoms with van der Waals surface area (Å²) in [5, 5.41) is 0. The summed E-state index contributed by atoms with van der Waals surface area (Å²) in [6, 6.07) is 62.9. The largest absolute Gasteiger partial charge is 0.208 e. The monoisotopic (exact) mass is 693 g/mol. The highest BCUT2D eigenvalue weighted by atomic mass is 15.0. The van der Waals surface area contributed by atoms with Crippen LogP contribution in [-0.4, -0.2) is 15.0 Å². The summed E-state index contributed by atoms with van der Waals surface area (Å²) < 4.78 is 0. The molecule has 3 nitrogen and oxygen atoms in total. The lowest BCUT2D eigenvalue weighted by atomic mass is 9.68. The van der Waals surface area contributed by atoms with Crippen LogP contribution >= 0.6 is 0 Å². The number of nitrogens with zero attached hydrogens (tertiary/aromatic N) is 3. The highest BCUT2D eigenvalue weighted by molar-refractivity contribution is 5.93. The summed E-state index contributed by atoms with van der Waals surface area (Å²) in [6.07, 6.45) is 6.42. The molecule has 0 saturated heterocycles. The molecule has 0 N–H and O–H groups in total. The van der Waals surface area contributed by atoms with E-state index in [1.54, 1.807) is 0 Å². The summed E-state index contributed by atoms with van der Waals surface area (Å²) in [5.74, 6) is 1.96. The summed E-state index contributed by atoms with van der Waals surface area (Å²) >= 11 is 0. The first-order valence-electron chi connectivity index (χ1n) is 19.2. The lowest BCUT2D eigenvalue weighted by Gasteiger charge is -2.36. The average molecular weight is 694 g/mol. The van der Waals surface area contributed by atoms with Gasteiger partial charge in [0.15, 0.2) is 17.5 Å². The fourth-order valence-electron chi connectivity index (χ4n) is 8.91. The van der Waals surface area contributed by atoms with Crippen LogP contribution in [0.2, 0.25) is 0 Å². The number of hydrogen-bond acceptors (Lipinski definition) is 3. The van der Waals surface area contributed by atoms with Crippen LogP contribution in [0.1, 0.15) is 43.2 Å². The van der Waals surface area contributed by atoms with Crippen molar-refractivity contribution in [3.05, 3.63) is 187 Å². The van der Waals surface area contributed by atoms with Crippen LogP contribution in [0.3, 0.4) is 0 Å². The topological polar surface area (TPSA) is 38.7 Å². The van der Waals surface area contributed by atoms with E-state index < -0.39 is 0 Å². The number of benzene rings is 7. The number of rotatable bonds is 6. The molecule has 2 aliphatic rings. The Hall–Kier alpha value is -6.45. The van der Waals surface area contributed by atoms with E-state index in [1.807, 2.05) is 24.3 Å². The van der Waals surface area contributed by atoms with Gasteiger partial charge >= 0.3 is 0 Å². The summed E-state index contributed by atoms with van der Waals surface area (Å²) in [5.41, 5.74) is 16.1. The van der Waals surface area contributed by atoms with E-state index in [1.165, 1.54) is 71.0 Å². The molecule has 1 saturated carbocycles. The minimum atomic E-state index is 0.154. The van der Waals surface area contributed by atoms with Gasteiger partial charge in [0, 0.05) is 22.1 Å². The lowest BCUT2D eigenvalue weighted by Crippen LogP contribution is -2.27. The van der Waals surface area contributed by atoms with E-state index in [4.69, 9.17) is 15.0 Å². The Morgan fingerprint density at radius 2 is 0.759 bits per heavy atom. The van der Waals surface area contributed by atoms with Gasteiger partial charge in [0.1, 0.15) is 0 Å². The van der Waals surface area contributed by atoms with E-state index in [-0.39, 0.29) is 5.41 Å². The van der Waals surface area contributed by atoms with Crippen LogP contribution in [0, 0.1) is 0 Å². The number of hydrogen-bond donors (Lipinski definition) is 0. The van der Waals surface area contributed by atoms with Crippen molar-refractivity contribution >= 4 is 0 Å². The standard InChI is InChI=1S/C51H39N3/c1-4-14-35(15-5-1)36-26-30-40(31-27-36)49-52-48(39-16-6-2-7-17-39)53-50(54-49)42-19-12-18-41(34-42)37-24-28-38(29-25-37)43-21-13-23-46-47(43)44-20-8-9-22-45(44)51(46)32-10-3-11-33-51/h1-2,4-9,12-31,34H,3,10-11,32-33H2. The molecule has 258 valence electrons. The molecular weight excluding hydrogens is 655 g/mol. The van der Waals surface area contributed by atoms with Crippen molar-refractivity contribution in [3.63, 3.8) is 0 Å². The molecule has 1 aromatic heterocycles. The fraction of sp³-hybridized carbons (Fsp3) is 0.118. The Labute approximate surface area is 317 Å². The normalized spacial score (nSPS) is 14.1. The van der Waals surface area contributed by atoms with Gasteiger partial charge in [-0.25, -0.2) is 15.0 Å². The maximum atomic E-state index is 5.06. The zero-order valence-corrected chi connectivity index (χ0v) is 30.1. The second-order valence-electron chi connectivity index (χ2n) is 14.7. The van der Waals surface area contributed by atoms with Crippen molar-refractivity contribution in [2.75, 3.05) is 0 Å². The zero-order valence-electron chi connectivity index (χ0n) is 30.1. The second-order valence-corrected chi connectivity index (χ2v) is 14.7. The highest BCUT2D eigenvalue weighted by Crippen LogP contribution is 2.57. The van der Waals surface area contributed by atoms with Gasteiger partial charge in [-0.15, -0.1) is 0 Å². The predicted octanol–water partition coefficient (Wildman–Crippen LogP) is 13.1. The van der Waals surface area contributed by atoms with E-state index in [0.29, 0.717) is 17.5 Å². The Morgan fingerprint density at radius 3 is 1.46 bits per heavy atom. The number of fused-ring (bicyclic) bond motifs is 5. The van der Waals surface area contributed by atoms with E-state index in [2.05, 4.69) is 152 Å². The van der Waals surface area contributed by atoms with Gasteiger partial charge in [0.25, 0.3) is 0 Å².